The number of hydrogen-bond acceptors (Lipinski definition) is 6. The Morgan fingerprint density at radius 1 is 1.05 bits per heavy atom. The van der Waals surface area contributed by atoms with Crippen LogP contribution in [0.2, 0.25) is 0 Å². The van der Waals surface area contributed by atoms with Gasteiger partial charge in [-0.3, -0.25) is 0 Å². The van der Waals surface area contributed by atoms with Gasteiger partial charge in [-0.15, -0.1) is 0 Å². The summed E-state index contributed by atoms with van der Waals surface area (Å²) >= 11 is 0. The molecule has 1 fully saturated rings. The lowest BCUT2D eigenvalue weighted by molar-refractivity contribution is 0.270. The topological polar surface area (TPSA) is 93.9 Å². The van der Waals surface area contributed by atoms with Crippen molar-refractivity contribution in [1.29, 1.82) is 0 Å². The van der Waals surface area contributed by atoms with Crippen molar-refractivity contribution >= 4 is 5.57 Å². The molecule has 1 saturated heterocycles. The van der Waals surface area contributed by atoms with E-state index in [1.54, 1.807) is 7.11 Å². The van der Waals surface area contributed by atoms with Gasteiger partial charge in [0.15, 0.2) is 0 Å². The molecular weight excluding hydrogens is 522 g/mol. The Morgan fingerprint density at radius 3 is 2.29 bits per heavy atom. The Bertz CT molecular complexity index is 984. The zero-order valence-corrected chi connectivity index (χ0v) is 28.5. The van der Waals surface area contributed by atoms with Gasteiger partial charge in [0, 0.05) is 25.5 Å². The maximum absolute atomic E-state index is 5.37. The average molecular weight is 586 g/mol. The van der Waals surface area contributed by atoms with Crippen LogP contribution in [0.4, 0.5) is 0 Å². The van der Waals surface area contributed by atoms with Crippen molar-refractivity contribution in [1.82, 2.24) is 35.5 Å². The van der Waals surface area contributed by atoms with E-state index in [1.807, 2.05) is 39.2 Å². The molecule has 0 bridgehead atoms. The molecule has 8 heteroatoms. The lowest BCUT2D eigenvalue weighted by Crippen LogP contribution is -2.21. The van der Waals surface area contributed by atoms with Crippen molar-refractivity contribution in [2.45, 2.75) is 112 Å². The molecule has 3 heterocycles. The molecule has 0 spiro atoms. The minimum Gasteiger partial charge on any atom is -0.495 e. The van der Waals surface area contributed by atoms with Gasteiger partial charge in [0.25, 0.3) is 0 Å². The molecule has 0 aliphatic carbocycles. The van der Waals surface area contributed by atoms with Gasteiger partial charge in [-0.05, 0) is 57.3 Å². The molecule has 0 radical (unpaired) electrons. The molecule has 8 nitrogen and oxygen atoms in total. The number of ether oxygens (including phenoxy) is 1. The molecule has 42 heavy (non-hydrogen) atoms. The molecule has 3 rings (SSSR count). The van der Waals surface area contributed by atoms with Crippen LogP contribution in [0.3, 0.4) is 0 Å². The van der Waals surface area contributed by atoms with E-state index in [1.165, 1.54) is 38.5 Å². The first-order valence-electron chi connectivity index (χ1n) is 16.2. The third-order valence-corrected chi connectivity index (χ3v) is 6.66. The molecule has 240 valence electrons. The van der Waals surface area contributed by atoms with Crippen LogP contribution in [-0.2, 0) is 11.3 Å². The predicted molar refractivity (Wildman–Crippen MR) is 181 cm³/mol. The standard InChI is InChI=1S/C20H34N4O.C8H13N3.C4H10.C2H6/c1-7-9-10-12-24(5)19(17(4)25-6)13-16(3)18-14-22-20(23-18)15-21-11-8-2;1-6-5-10-8(11-6)7-3-2-4-9-7;1-3-4-2;1-2/h13-14,21H,3-4,7-12,15H2,1-2,5-6H3,(H,22,23);5,7,9H,2-4H2,1H3,(H,10,11);3-4H2,1-2H3;1-2H3/b19-13+;;;. The molecule has 0 amide bonds. The zero-order chi connectivity index (χ0) is 31.8. The summed E-state index contributed by atoms with van der Waals surface area (Å²) in [5.74, 6) is 2.66. The van der Waals surface area contributed by atoms with Crippen LogP contribution in [0.5, 0.6) is 0 Å². The van der Waals surface area contributed by atoms with Crippen LogP contribution in [0.25, 0.3) is 5.57 Å². The van der Waals surface area contributed by atoms with Gasteiger partial charge in [0.1, 0.15) is 17.4 Å². The van der Waals surface area contributed by atoms with Crippen molar-refractivity contribution in [3.8, 4) is 0 Å². The minimum atomic E-state index is 0.476. The van der Waals surface area contributed by atoms with Gasteiger partial charge in [-0.25, -0.2) is 9.97 Å². The summed E-state index contributed by atoms with van der Waals surface area (Å²) in [5.41, 5.74) is 3.87. The number of unbranched alkanes of at least 4 members (excludes halogenated alkanes) is 3. The normalized spacial score (nSPS) is 14.0. The fourth-order valence-corrected chi connectivity index (χ4v) is 4.00. The fourth-order valence-electron chi connectivity index (χ4n) is 4.00. The summed E-state index contributed by atoms with van der Waals surface area (Å²) in [7, 11) is 3.71. The van der Waals surface area contributed by atoms with Crippen molar-refractivity contribution in [3.63, 3.8) is 0 Å². The van der Waals surface area contributed by atoms with Crippen LogP contribution in [0.15, 0.2) is 43.1 Å². The van der Waals surface area contributed by atoms with Gasteiger partial charge in [0.05, 0.1) is 37.3 Å². The molecular formula is C34H63N7O. The summed E-state index contributed by atoms with van der Waals surface area (Å²) in [6, 6.07) is 0.476. The van der Waals surface area contributed by atoms with Crippen LogP contribution >= 0.6 is 0 Å². The first kappa shape index (κ1) is 39.2. The molecule has 1 unspecified atom stereocenters. The minimum absolute atomic E-state index is 0.476. The number of H-pyrrole nitrogens is 2. The molecule has 1 aliphatic heterocycles. The lowest BCUT2D eigenvalue weighted by Gasteiger charge is -2.23. The van der Waals surface area contributed by atoms with Gasteiger partial charge in [-0.1, -0.05) is 80.4 Å². The second-order valence-electron chi connectivity index (χ2n) is 10.3. The number of nitrogens with one attached hydrogen (secondary N) is 4. The second-order valence-corrected chi connectivity index (χ2v) is 10.3. The molecule has 1 aliphatic rings. The number of methoxy groups -OCH3 is 1. The first-order chi connectivity index (χ1) is 20.3. The van der Waals surface area contributed by atoms with Gasteiger partial charge >= 0.3 is 0 Å². The average Bonchev–Trinajstić information content (AvgIpc) is 3.80. The smallest absolute Gasteiger partial charge is 0.135 e. The highest BCUT2D eigenvalue weighted by molar-refractivity contribution is 5.70. The number of imidazole rings is 2. The first-order valence-corrected chi connectivity index (χ1v) is 16.2. The van der Waals surface area contributed by atoms with E-state index in [-0.39, 0.29) is 0 Å². The van der Waals surface area contributed by atoms with E-state index in [0.29, 0.717) is 11.8 Å². The summed E-state index contributed by atoms with van der Waals surface area (Å²) < 4.78 is 5.37. The highest BCUT2D eigenvalue weighted by Crippen LogP contribution is 2.21. The quantitative estimate of drug-likeness (QED) is 0.0959. The number of likely N-dealkylation sites (N-methyl/N-ethyl adjacent to an activating group) is 1. The van der Waals surface area contributed by atoms with Crippen LogP contribution in [0.1, 0.15) is 122 Å². The lowest BCUT2D eigenvalue weighted by atomic mass is 10.1. The van der Waals surface area contributed by atoms with E-state index < -0.39 is 0 Å². The molecule has 1 atom stereocenters. The van der Waals surface area contributed by atoms with Crippen LogP contribution < -0.4 is 10.6 Å². The largest absolute Gasteiger partial charge is 0.495 e. The molecule has 4 N–H and O–H groups in total. The SMILES string of the molecule is C=C(OC)/C(=C\C(=C)c1cnc(CNCCC)[nH]1)N(C)CCCCC.CC.CCCC.Cc1cnc(C2CCCN2)[nH]1. The van der Waals surface area contributed by atoms with E-state index in [2.05, 4.69) is 83.4 Å². The Hall–Kier alpha value is -2.84. The molecule has 2 aromatic rings. The zero-order valence-electron chi connectivity index (χ0n) is 28.5. The van der Waals surface area contributed by atoms with Crippen molar-refractivity contribution in [2.75, 3.05) is 33.8 Å². The number of hydrogen-bond donors (Lipinski definition) is 4. The summed E-state index contributed by atoms with van der Waals surface area (Å²) in [6.45, 7) is 26.8. The van der Waals surface area contributed by atoms with E-state index in [4.69, 9.17) is 4.74 Å². The summed E-state index contributed by atoms with van der Waals surface area (Å²) in [4.78, 5) is 17.4. The third kappa shape index (κ3) is 16.0. The number of rotatable bonds is 15. The van der Waals surface area contributed by atoms with E-state index >= 15 is 0 Å². The molecule has 0 saturated carbocycles. The molecule has 0 aromatic carbocycles. The summed E-state index contributed by atoms with van der Waals surface area (Å²) in [6.07, 6.45) is 15.5. The van der Waals surface area contributed by atoms with Crippen LogP contribution in [0, 0.1) is 6.92 Å². The van der Waals surface area contributed by atoms with Crippen LogP contribution in [-0.4, -0.2) is 58.6 Å². The molecule has 2 aromatic heterocycles. The number of aromatic amines is 2. The monoisotopic (exact) mass is 586 g/mol. The van der Waals surface area contributed by atoms with Gasteiger partial charge in [-0.2, -0.15) is 0 Å². The number of aromatic nitrogens is 4. The van der Waals surface area contributed by atoms with Crippen molar-refractivity contribution < 1.29 is 4.74 Å². The summed E-state index contributed by atoms with van der Waals surface area (Å²) in [5, 5.41) is 6.73. The highest BCUT2D eigenvalue weighted by Gasteiger charge is 2.18. The maximum Gasteiger partial charge on any atom is 0.135 e. The Balaban J connectivity index is 0.000000804. The number of aryl methyl sites for hydroxylation is 1. The Labute approximate surface area is 257 Å². The predicted octanol–water partition coefficient (Wildman–Crippen LogP) is 8.06. The van der Waals surface area contributed by atoms with Crippen molar-refractivity contribution in [2.24, 2.45) is 0 Å². The number of nitrogens with zero attached hydrogens (tertiary/aromatic N) is 3. The van der Waals surface area contributed by atoms with Gasteiger partial charge < -0.3 is 30.2 Å². The maximum atomic E-state index is 5.37. The second kappa shape index (κ2) is 24.7. The third-order valence-electron chi connectivity index (χ3n) is 6.66. The highest BCUT2D eigenvalue weighted by atomic mass is 16.5. The van der Waals surface area contributed by atoms with Gasteiger partial charge in [0.2, 0.25) is 0 Å². The van der Waals surface area contributed by atoms with Crippen molar-refractivity contribution in [3.05, 3.63) is 66.1 Å². The number of allylic oxidation sites excluding steroid dienone is 2. The van der Waals surface area contributed by atoms with E-state index in [0.717, 1.165) is 73.3 Å². The van der Waals surface area contributed by atoms with E-state index in [9.17, 15) is 0 Å². The Kier molecular flexibility index (Phi) is 23.1. The fraction of sp³-hybridized carbons (Fsp3) is 0.647. The Morgan fingerprint density at radius 2 is 1.76 bits per heavy atom.